The summed E-state index contributed by atoms with van der Waals surface area (Å²) in [6.45, 7) is 0. The van der Waals surface area contributed by atoms with Gasteiger partial charge < -0.3 is 0 Å². The molecule has 0 aliphatic carbocycles. The van der Waals surface area contributed by atoms with Crippen LogP contribution in [0.1, 0.15) is 5.56 Å². The maximum absolute atomic E-state index is 12.8. The molecule has 4 rings (SSSR count). The van der Waals surface area contributed by atoms with Crippen molar-refractivity contribution >= 4 is 50.7 Å². The van der Waals surface area contributed by atoms with E-state index in [4.69, 9.17) is 11.6 Å². The molecule has 0 aliphatic rings. The second kappa shape index (κ2) is 6.32. The Bertz CT molecular complexity index is 1080. The van der Waals surface area contributed by atoms with Crippen LogP contribution in [0, 0.1) is 0 Å². The maximum Gasteiger partial charge on any atom is 0.283 e. The van der Waals surface area contributed by atoms with Gasteiger partial charge in [0.1, 0.15) is 11.2 Å². The van der Waals surface area contributed by atoms with Gasteiger partial charge in [0.2, 0.25) is 0 Å². The summed E-state index contributed by atoms with van der Waals surface area (Å²) in [4.78, 5) is 18.9. The monoisotopic (exact) mass is 371 g/mol. The first-order chi connectivity index (χ1) is 11.7. The summed E-state index contributed by atoms with van der Waals surface area (Å²) in [5.74, 6) is 0. The lowest BCUT2D eigenvalue weighted by Crippen LogP contribution is -2.16. The SMILES string of the molecule is O=c1c2c(-c3cccs3)csc2ncn1/N=C\c1ccc(Cl)cc1. The molecule has 4 nitrogen and oxygen atoms in total. The number of benzene rings is 1. The van der Waals surface area contributed by atoms with E-state index in [1.165, 1.54) is 22.3 Å². The van der Waals surface area contributed by atoms with Gasteiger partial charge in [-0.15, -0.1) is 22.7 Å². The molecule has 0 saturated carbocycles. The van der Waals surface area contributed by atoms with Gasteiger partial charge in [0.25, 0.3) is 5.56 Å². The average Bonchev–Trinajstić information content (AvgIpc) is 3.25. The molecular weight excluding hydrogens is 362 g/mol. The number of hydrogen-bond donors (Lipinski definition) is 0. The van der Waals surface area contributed by atoms with Crippen LogP contribution in [0.2, 0.25) is 5.02 Å². The van der Waals surface area contributed by atoms with E-state index < -0.39 is 0 Å². The molecule has 7 heteroatoms. The first kappa shape index (κ1) is 15.3. The molecule has 0 unspecified atom stereocenters. The zero-order valence-corrected chi connectivity index (χ0v) is 14.6. The zero-order chi connectivity index (χ0) is 16.5. The molecule has 0 fully saturated rings. The van der Waals surface area contributed by atoms with Gasteiger partial charge in [0.15, 0.2) is 0 Å². The van der Waals surface area contributed by atoms with Gasteiger partial charge in [0.05, 0.1) is 11.6 Å². The summed E-state index contributed by atoms with van der Waals surface area (Å²) < 4.78 is 1.26. The smallest absolute Gasteiger partial charge is 0.267 e. The van der Waals surface area contributed by atoms with E-state index in [9.17, 15) is 4.79 Å². The normalized spacial score (nSPS) is 11.5. The fourth-order valence-corrected chi connectivity index (χ4v) is 4.14. The molecule has 4 aromatic rings. The molecule has 0 N–H and O–H groups in total. The second-order valence-electron chi connectivity index (χ2n) is 5.00. The predicted molar refractivity (Wildman–Crippen MR) is 102 cm³/mol. The fourth-order valence-electron chi connectivity index (χ4n) is 2.30. The minimum Gasteiger partial charge on any atom is -0.267 e. The maximum atomic E-state index is 12.8. The average molecular weight is 372 g/mol. The third-order valence-corrected chi connectivity index (χ3v) is 5.51. The van der Waals surface area contributed by atoms with Crippen molar-refractivity contribution < 1.29 is 0 Å². The number of thiophene rings is 2. The fraction of sp³-hybridized carbons (Fsp3) is 0. The Morgan fingerprint density at radius 3 is 2.75 bits per heavy atom. The Labute approximate surface area is 150 Å². The molecule has 0 radical (unpaired) electrons. The van der Waals surface area contributed by atoms with Crippen molar-refractivity contribution in [2.75, 3.05) is 0 Å². The van der Waals surface area contributed by atoms with Gasteiger partial charge in [0, 0.05) is 20.8 Å². The second-order valence-corrected chi connectivity index (χ2v) is 7.24. The van der Waals surface area contributed by atoms with Gasteiger partial charge in [-0.1, -0.05) is 29.8 Å². The minimum absolute atomic E-state index is 0.171. The van der Waals surface area contributed by atoms with Crippen LogP contribution in [-0.4, -0.2) is 15.9 Å². The molecular formula is C17H10ClN3OS2. The molecule has 118 valence electrons. The Morgan fingerprint density at radius 2 is 2.00 bits per heavy atom. The largest absolute Gasteiger partial charge is 0.283 e. The lowest BCUT2D eigenvalue weighted by atomic mass is 10.2. The third kappa shape index (κ3) is 2.80. The molecule has 0 bridgehead atoms. The Kier molecular flexibility index (Phi) is 4.02. The topological polar surface area (TPSA) is 47.2 Å². The quantitative estimate of drug-likeness (QED) is 0.489. The Balaban J connectivity index is 1.79. The van der Waals surface area contributed by atoms with Crippen molar-refractivity contribution in [2.45, 2.75) is 0 Å². The highest BCUT2D eigenvalue weighted by Gasteiger charge is 2.13. The third-order valence-electron chi connectivity index (χ3n) is 3.47. The lowest BCUT2D eigenvalue weighted by molar-refractivity contribution is 0.819. The molecule has 0 spiro atoms. The molecule has 3 aromatic heterocycles. The van der Waals surface area contributed by atoms with Crippen molar-refractivity contribution in [3.63, 3.8) is 0 Å². The summed E-state index contributed by atoms with van der Waals surface area (Å²) in [6.07, 6.45) is 3.06. The summed E-state index contributed by atoms with van der Waals surface area (Å²) >= 11 is 8.93. The molecule has 0 aliphatic heterocycles. The Hall–Kier alpha value is -2.28. The van der Waals surface area contributed by atoms with Crippen LogP contribution >= 0.6 is 34.3 Å². The summed E-state index contributed by atoms with van der Waals surface area (Å²) in [6, 6.07) is 11.2. The predicted octanol–water partition coefficient (Wildman–Crippen LogP) is 4.72. The van der Waals surface area contributed by atoms with Crippen LogP contribution in [0.15, 0.2) is 63.4 Å². The lowest BCUT2D eigenvalue weighted by Gasteiger charge is -1.99. The zero-order valence-electron chi connectivity index (χ0n) is 12.2. The van der Waals surface area contributed by atoms with Crippen molar-refractivity contribution in [2.24, 2.45) is 5.10 Å². The van der Waals surface area contributed by atoms with Crippen molar-refractivity contribution in [3.05, 3.63) is 74.4 Å². The highest BCUT2D eigenvalue weighted by atomic mass is 35.5. The molecule has 0 atom stereocenters. The number of nitrogens with zero attached hydrogens (tertiary/aromatic N) is 3. The molecule has 24 heavy (non-hydrogen) atoms. The number of aromatic nitrogens is 2. The molecule has 1 aromatic carbocycles. The van der Waals surface area contributed by atoms with Gasteiger partial charge in [-0.25, -0.2) is 4.98 Å². The summed E-state index contributed by atoms with van der Waals surface area (Å²) in [5, 5.41) is 9.47. The number of fused-ring (bicyclic) bond motifs is 1. The van der Waals surface area contributed by atoms with E-state index >= 15 is 0 Å². The summed E-state index contributed by atoms with van der Waals surface area (Å²) in [5.41, 5.74) is 1.60. The number of rotatable bonds is 3. The van der Waals surface area contributed by atoms with Crippen molar-refractivity contribution in [1.29, 1.82) is 0 Å². The van der Waals surface area contributed by atoms with Gasteiger partial charge >= 0.3 is 0 Å². The van der Waals surface area contributed by atoms with Crippen LogP contribution in [0.4, 0.5) is 0 Å². The van der Waals surface area contributed by atoms with Crippen molar-refractivity contribution in [3.8, 4) is 10.4 Å². The van der Waals surface area contributed by atoms with Crippen LogP contribution in [-0.2, 0) is 0 Å². The van der Waals surface area contributed by atoms with Crippen LogP contribution in [0.3, 0.4) is 0 Å². The van der Waals surface area contributed by atoms with Crippen molar-refractivity contribution in [1.82, 2.24) is 9.66 Å². The molecule has 0 saturated heterocycles. The van der Waals surface area contributed by atoms with Gasteiger partial charge in [-0.3, -0.25) is 4.79 Å². The highest BCUT2D eigenvalue weighted by molar-refractivity contribution is 7.18. The van der Waals surface area contributed by atoms with E-state index in [1.54, 1.807) is 29.7 Å². The Morgan fingerprint density at radius 1 is 1.17 bits per heavy atom. The van der Waals surface area contributed by atoms with Gasteiger partial charge in [-0.2, -0.15) is 9.78 Å². The van der Waals surface area contributed by atoms with E-state index in [1.807, 2.05) is 35.0 Å². The van der Waals surface area contributed by atoms with Crippen LogP contribution < -0.4 is 5.56 Å². The molecule has 0 amide bonds. The van der Waals surface area contributed by atoms with Crippen LogP contribution in [0.25, 0.3) is 20.7 Å². The summed E-state index contributed by atoms with van der Waals surface area (Å²) in [7, 11) is 0. The van der Waals surface area contributed by atoms with Crippen LogP contribution in [0.5, 0.6) is 0 Å². The highest BCUT2D eigenvalue weighted by Crippen LogP contribution is 2.33. The first-order valence-electron chi connectivity index (χ1n) is 7.05. The van der Waals surface area contributed by atoms with E-state index in [-0.39, 0.29) is 5.56 Å². The standard InChI is InChI=1S/C17H10ClN3OS2/c18-12-5-3-11(4-6-12)8-20-21-10-19-16-15(17(21)22)13(9-24-16)14-2-1-7-23-14/h1-10H/b20-8-. The minimum atomic E-state index is -0.171. The molecule has 3 heterocycles. The van der Waals surface area contributed by atoms with E-state index in [2.05, 4.69) is 10.1 Å². The number of hydrogen-bond acceptors (Lipinski definition) is 5. The van der Waals surface area contributed by atoms with E-state index in [0.29, 0.717) is 10.4 Å². The van der Waals surface area contributed by atoms with Gasteiger partial charge in [-0.05, 0) is 29.1 Å². The first-order valence-corrected chi connectivity index (χ1v) is 9.19. The van der Waals surface area contributed by atoms with E-state index in [0.717, 1.165) is 20.8 Å². The number of halogens is 1.